The summed E-state index contributed by atoms with van der Waals surface area (Å²) < 4.78 is 0. The van der Waals surface area contributed by atoms with Crippen molar-refractivity contribution in [3.8, 4) is 0 Å². The monoisotopic (exact) mass is 393 g/mol. The van der Waals surface area contributed by atoms with Crippen molar-refractivity contribution in [1.82, 2.24) is 5.32 Å². The molecule has 1 fully saturated rings. The zero-order valence-electron chi connectivity index (χ0n) is 15.5. The van der Waals surface area contributed by atoms with Gasteiger partial charge in [-0.05, 0) is 67.5 Å². The Hall–Kier alpha value is -3.19. The van der Waals surface area contributed by atoms with Crippen LogP contribution in [-0.4, -0.2) is 28.9 Å². The van der Waals surface area contributed by atoms with E-state index in [4.69, 9.17) is 12.2 Å². The minimum Gasteiger partial charge on any atom is -0.301 e. The number of anilines is 1. The highest BCUT2D eigenvalue weighted by Crippen LogP contribution is 2.22. The smallest absolute Gasteiger partial charge is 0.251 e. The molecular formula is C21H19N3O3S. The van der Waals surface area contributed by atoms with Crippen LogP contribution in [0.5, 0.6) is 0 Å². The van der Waals surface area contributed by atoms with Gasteiger partial charge in [-0.15, -0.1) is 0 Å². The number of aryl methyl sites for hydroxylation is 1. The van der Waals surface area contributed by atoms with Crippen LogP contribution in [-0.2, 0) is 16.0 Å². The Bertz CT molecular complexity index is 965. The summed E-state index contributed by atoms with van der Waals surface area (Å²) in [6.07, 6.45) is 2.18. The molecule has 142 valence electrons. The largest absolute Gasteiger partial charge is 0.301 e. The first-order valence-corrected chi connectivity index (χ1v) is 9.24. The van der Waals surface area contributed by atoms with E-state index in [0.717, 1.165) is 12.0 Å². The van der Waals surface area contributed by atoms with Gasteiger partial charge in [-0.2, -0.15) is 0 Å². The Morgan fingerprint density at radius 1 is 1.14 bits per heavy atom. The molecule has 3 rings (SSSR count). The first-order chi connectivity index (χ1) is 13.4. The van der Waals surface area contributed by atoms with Crippen LogP contribution in [0.1, 0.15) is 29.8 Å². The lowest BCUT2D eigenvalue weighted by molar-refractivity contribution is -0.130. The van der Waals surface area contributed by atoms with Crippen LogP contribution in [0.25, 0.3) is 0 Å². The number of nitrogens with one attached hydrogen (secondary N) is 1. The molecule has 0 aromatic heterocycles. The van der Waals surface area contributed by atoms with E-state index >= 15 is 0 Å². The number of ketones is 1. The molecular weight excluding hydrogens is 374 g/mol. The number of carbonyl (C=O) groups excluding carboxylic acids is 3. The van der Waals surface area contributed by atoms with E-state index in [1.165, 1.54) is 18.0 Å². The number of rotatable bonds is 5. The Balaban J connectivity index is 1.83. The zero-order valence-corrected chi connectivity index (χ0v) is 16.3. The van der Waals surface area contributed by atoms with Crippen LogP contribution in [0.3, 0.4) is 0 Å². The van der Waals surface area contributed by atoms with Gasteiger partial charge >= 0.3 is 0 Å². The van der Waals surface area contributed by atoms with Gasteiger partial charge in [-0.25, -0.2) is 0 Å². The highest BCUT2D eigenvalue weighted by molar-refractivity contribution is 7.80. The van der Waals surface area contributed by atoms with Crippen molar-refractivity contribution in [2.45, 2.75) is 20.3 Å². The van der Waals surface area contributed by atoms with Crippen molar-refractivity contribution in [2.75, 3.05) is 4.90 Å². The average molecular weight is 393 g/mol. The van der Waals surface area contributed by atoms with Crippen LogP contribution in [0, 0.1) is 5.92 Å². The van der Waals surface area contributed by atoms with E-state index in [9.17, 15) is 14.4 Å². The van der Waals surface area contributed by atoms with Crippen molar-refractivity contribution in [3.63, 3.8) is 0 Å². The van der Waals surface area contributed by atoms with E-state index in [-0.39, 0.29) is 10.9 Å². The summed E-state index contributed by atoms with van der Waals surface area (Å²) in [4.78, 5) is 42.1. The summed E-state index contributed by atoms with van der Waals surface area (Å²) in [5, 5.41) is 2.61. The Kier molecular flexibility index (Phi) is 5.75. The van der Waals surface area contributed by atoms with Crippen LogP contribution in [0.2, 0.25) is 0 Å². The molecule has 6 nitrogen and oxygen atoms in total. The van der Waals surface area contributed by atoms with Gasteiger partial charge in [0.05, 0.1) is 11.4 Å². The van der Waals surface area contributed by atoms with Crippen LogP contribution >= 0.6 is 12.2 Å². The number of aliphatic imine (C=N–C) groups is 1. The normalized spacial score (nSPS) is 17.1. The summed E-state index contributed by atoms with van der Waals surface area (Å²) in [5.41, 5.74) is 2.83. The standard InChI is InChI=1S/C21H19N3O3S/c1-3-14-4-10-17(11-5-14)24-20(27)18(19(26)23-21(24)28)12-22-16-8-6-15(7-9-16)13(2)25/h4-12,18H,3H2,1-2H3,(H,23,26,28). The molecule has 0 saturated carbocycles. The molecule has 7 heteroatoms. The molecule has 0 bridgehead atoms. The Morgan fingerprint density at radius 2 is 1.79 bits per heavy atom. The Morgan fingerprint density at radius 3 is 2.36 bits per heavy atom. The van der Waals surface area contributed by atoms with E-state index in [1.54, 1.807) is 36.4 Å². The van der Waals surface area contributed by atoms with Gasteiger partial charge in [0.25, 0.3) is 5.91 Å². The third-order valence-electron chi connectivity index (χ3n) is 4.45. The molecule has 0 aliphatic carbocycles. The van der Waals surface area contributed by atoms with E-state index in [0.29, 0.717) is 16.9 Å². The summed E-state index contributed by atoms with van der Waals surface area (Å²) in [5.74, 6) is -2.11. The number of Topliss-reactive ketones (excluding diaryl/α,β-unsaturated/α-hetero) is 1. The maximum Gasteiger partial charge on any atom is 0.251 e. The van der Waals surface area contributed by atoms with E-state index < -0.39 is 17.7 Å². The fourth-order valence-electron chi connectivity index (χ4n) is 2.79. The number of thiocarbonyl (C=S) groups is 1. The molecule has 1 atom stereocenters. The second-order valence-corrected chi connectivity index (χ2v) is 6.73. The van der Waals surface area contributed by atoms with Gasteiger partial charge in [-0.3, -0.25) is 24.3 Å². The molecule has 1 aliphatic heterocycles. The van der Waals surface area contributed by atoms with Gasteiger partial charge in [0, 0.05) is 11.8 Å². The second kappa shape index (κ2) is 8.22. The third-order valence-corrected chi connectivity index (χ3v) is 4.74. The molecule has 2 aromatic carbocycles. The summed E-state index contributed by atoms with van der Waals surface area (Å²) >= 11 is 5.19. The van der Waals surface area contributed by atoms with Crippen molar-refractivity contribution in [1.29, 1.82) is 0 Å². The number of amides is 2. The number of hydrogen-bond acceptors (Lipinski definition) is 5. The van der Waals surface area contributed by atoms with E-state index in [2.05, 4.69) is 10.3 Å². The fourth-order valence-corrected chi connectivity index (χ4v) is 3.09. The molecule has 1 unspecified atom stereocenters. The molecule has 2 aromatic rings. The molecule has 1 N–H and O–H groups in total. The highest BCUT2D eigenvalue weighted by atomic mass is 32.1. The van der Waals surface area contributed by atoms with Crippen molar-refractivity contribution >= 4 is 52.5 Å². The maximum atomic E-state index is 12.9. The average Bonchev–Trinajstić information content (AvgIpc) is 2.68. The Labute approximate surface area is 168 Å². The predicted molar refractivity (Wildman–Crippen MR) is 112 cm³/mol. The third kappa shape index (κ3) is 4.04. The lowest BCUT2D eigenvalue weighted by Crippen LogP contribution is -2.58. The molecule has 1 aliphatic rings. The number of carbonyl (C=O) groups is 3. The SMILES string of the molecule is CCc1ccc(N2C(=O)C(C=Nc3ccc(C(C)=O)cc3)C(=O)NC2=S)cc1. The first kappa shape index (κ1) is 19.6. The summed E-state index contributed by atoms with van der Waals surface area (Å²) in [6.45, 7) is 3.52. The highest BCUT2D eigenvalue weighted by Gasteiger charge is 2.38. The van der Waals surface area contributed by atoms with E-state index in [1.807, 2.05) is 19.1 Å². The van der Waals surface area contributed by atoms with Gasteiger partial charge in [-0.1, -0.05) is 19.1 Å². The topological polar surface area (TPSA) is 78.8 Å². The molecule has 0 spiro atoms. The van der Waals surface area contributed by atoms with Gasteiger partial charge in [0.1, 0.15) is 0 Å². The zero-order chi connectivity index (χ0) is 20.3. The lowest BCUT2D eigenvalue weighted by atomic mass is 10.1. The second-order valence-electron chi connectivity index (χ2n) is 6.35. The molecule has 0 radical (unpaired) electrons. The number of nitrogens with zero attached hydrogens (tertiary/aromatic N) is 2. The molecule has 1 heterocycles. The van der Waals surface area contributed by atoms with Crippen LogP contribution in [0.4, 0.5) is 11.4 Å². The van der Waals surface area contributed by atoms with Crippen LogP contribution in [0.15, 0.2) is 53.5 Å². The number of hydrogen-bond donors (Lipinski definition) is 1. The van der Waals surface area contributed by atoms with Crippen LogP contribution < -0.4 is 10.2 Å². The van der Waals surface area contributed by atoms with Crippen molar-refractivity contribution in [2.24, 2.45) is 10.9 Å². The number of benzene rings is 2. The minimum atomic E-state index is -1.09. The molecule has 2 amide bonds. The predicted octanol–water partition coefficient (Wildman–Crippen LogP) is 3.22. The quantitative estimate of drug-likeness (QED) is 0.366. The van der Waals surface area contributed by atoms with Crippen molar-refractivity contribution in [3.05, 3.63) is 59.7 Å². The first-order valence-electron chi connectivity index (χ1n) is 8.83. The molecule has 28 heavy (non-hydrogen) atoms. The maximum absolute atomic E-state index is 12.9. The fraction of sp³-hybridized carbons (Fsp3) is 0.190. The minimum absolute atomic E-state index is 0.0457. The summed E-state index contributed by atoms with van der Waals surface area (Å²) in [6, 6.07) is 14.0. The summed E-state index contributed by atoms with van der Waals surface area (Å²) in [7, 11) is 0. The van der Waals surface area contributed by atoms with Crippen molar-refractivity contribution < 1.29 is 14.4 Å². The van der Waals surface area contributed by atoms with Gasteiger partial charge in [0.15, 0.2) is 16.8 Å². The van der Waals surface area contributed by atoms with Gasteiger partial charge in [0.2, 0.25) is 5.91 Å². The lowest BCUT2D eigenvalue weighted by Gasteiger charge is -2.31. The molecule has 1 saturated heterocycles. The van der Waals surface area contributed by atoms with Gasteiger partial charge < -0.3 is 5.32 Å².